The van der Waals surface area contributed by atoms with Crippen molar-refractivity contribution in [1.82, 2.24) is 0 Å². The largest absolute Gasteiger partial charge is 0.497 e. The standard InChI is InChI=1S/C17H19BrN2O2/c1-12-11-14(5-8-16(12)18)20-17(21)9-10-19-13-3-6-15(22-2)7-4-13/h3-8,11,19H,9-10H2,1-2H3,(H,20,21). The van der Waals surface area contributed by atoms with Crippen molar-refractivity contribution in [3.63, 3.8) is 0 Å². The topological polar surface area (TPSA) is 50.4 Å². The highest BCUT2D eigenvalue weighted by Crippen LogP contribution is 2.20. The monoisotopic (exact) mass is 362 g/mol. The average molecular weight is 363 g/mol. The summed E-state index contributed by atoms with van der Waals surface area (Å²) in [5, 5.41) is 6.10. The number of hydrogen-bond acceptors (Lipinski definition) is 3. The van der Waals surface area contributed by atoms with Crippen LogP contribution in [0, 0.1) is 6.92 Å². The molecule has 0 saturated carbocycles. The van der Waals surface area contributed by atoms with Gasteiger partial charge < -0.3 is 15.4 Å². The van der Waals surface area contributed by atoms with E-state index < -0.39 is 0 Å². The minimum Gasteiger partial charge on any atom is -0.497 e. The van der Waals surface area contributed by atoms with Crippen LogP contribution in [0.4, 0.5) is 11.4 Å². The maximum atomic E-state index is 11.9. The molecule has 2 N–H and O–H groups in total. The van der Waals surface area contributed by atoms with E-state index in [9.17, 15) is 4.79 Å². The second kappa shape index (κ2) is 7.84. The van der Waals surface area contributed by atoms with Gasteiger partial charge in [-0.25, -0.2) is 0 Å². The maximum absolute atomic E-state index is 11.9. The number of ether oxygens (including phenoxy) is 1. The fraction of sp³-hybridized carbons (Fsp3) is 0.235. The van der Waals surface area contributed by atoms with Gasteiger partial charge in [0, 0.05) is 28.8 Å². The highest BCUT2D eigenvalue weighted by Gasteiger charge is 2.04. The van der Waals surface area contributed by atoms with E-state index in [0.717, 1.165) is 27.2 Å². The van der Waals surface area contributed by atoms with Crippen molar-refractivity contribution in [2.24, 2.45) is 0 Å². The molecule has 22 heavy (non-hydrogen) atoms. The van der Waals surface area contributed by atoms with Crippen LogP contribution in [0.2, 0.25) is 0 Å². The van der Waals surface area contributed by atoms with Gasteiger partial charge in [0.15, 0.2) is 0 Å². The minimum absolute atomic E-state index is 0.0114. The number of amides is 1. The highest BCUT2D eigenvalue weighted by atomic mass is 79.9. The first kappa shape index (κ1) is 16.4. The van der Waals surface area contributed by atoms with Gasteiger partial charge in [0.2, 0.25) is 5.91 Å². The lowest BCUT2D eigenvalue weighted by Gasteiger charge is -2.09. The SMILES string of the molecule is COc1ccc(NCCC(=O)Nc2ccc(Br)c(C)c2)cc1. The predicted octanol–water partition coefficient (Wildman–Crippen LogP) is 4.21. The molecular weight excluding hydrogens is 344 g/mol. The van der Waals surface area contributed by atoms with Crippen LogP contribution in [0.5, 0.6) is 5.75 Å². The van der Waals surface area contributed by atoms with Crippen molar-refractivity contribution in [2.45, 2.75) is 13.3 Å². The first-order valence-electron chi connectivity index (χ1n) is 7.02. The first-order chi connectivity index (χ1) is 10.6. The number of nitrogens with one attached hydrogen (secondary N) is 2. The zero-order valence-electron chi connectivity index (χ0n) is 12.7. The van der Waals surface area contributed by atoms with E-state index >= 15 is 0 Å². The third-order valence-corrected chi connectivity index (χ3v) is 4.10. The molecule has 0 aliphatic rings. The van der Waals surface area contributed by atoms with Crippen LogP contribution in [0.1, 0.15) is 12.0 Å². The van der Waals surface area contributed by atoms with E-state index in [1.54, 1.807) is 7.11 Å². The Kier molecular flexibility index (Phi) is 5.83. The normalized spacial score (nSPS) is 10.1. The summed E-state index contributed by atoms with van der Waals surface area (Å²) in [7, 11) is 1.64. The Morgan fingerprint density at radius 2 is 1.82 bits per heavy atom. The van der Waals surface area contributed by atoms with Crippen LogP contribution < -0.4 is 15.4 Å². The molecule has 0 radical (unpaired) electrons. The number of aryl methyl sites for hydroxylation is 1. The summed E-state index contributed by atoms with van der Waals surface area (Å²) in [6, 6.07) is 13.4. The number of carbonyl (C=O) groups excluding carboxylic acids is 1. The number of halogens is 1. The summed E-state index contributed by atoms with van der Waals surface area (Å²) in [6.07, 6.45) is 0.404. The average Bonchev–Trinajstić information content (AvgIpc) is 2.51. The number of methoxy groups -OCH3 is 1. The molecule has 0 aliphatic heterocycles. The third-order valence-electron chi connectivity index (χ3n) is 3.21. The quantitative estimate of drug-likeness (QED) is 0.809. The molecule has 0 unspecified atom stereocenters. The second-order valence-corrected chi connectivity index (χ2v) is 5.77. The van der Waals surface area contributed by atoms with E-state index in [2.05, 4.69) is 26.6 Å². The van der Waals surface area contributed by atoms with Gasteiger partial charge in [-0.1, -0.05) is 15.9 Å². The molecule has 1 amide bonds. The Morgan fingerprint density at radius 1 is 1.14 bits per heavy atom. The molecule has 5 heteroatoms. The molecule has 116 valence electrons. The van der Waals surface area contributed by atoms with Gasteiger partial charge in [0.25, 0.3) is 0 Å². The number of benzene rings is 2. The predicted molar refractivity (Wildman–Crippen MR) is 93.6 cm³/mol. The Bertz CT molecular complexity index is 642. The summed E-state index contributed by atoms with van der Waals surface area (Å²) in [5.41, 5.74) is 2.87. The fourth-order valence-electron chi connectivity index (χ4n) is 1.98. The number of anilines is 2. The zero-order chi connectivity index (χ0) is 15.9. The second-order valence-electron chi connectivity index (χ2n) is 4.92. The molecule has 4 nitrogen and oxygen atoms in total. The van der Waals surface area contributed by atoms with Gasteiger partial charge in [0.1, 0.15) is 5.75 Å². The van der Waals surface area contributed by atoms with Crippen molar-refractivity contribution >= 4 is 33.2 Å². The lowest BCUT2D eigenvalue weighted by Crippen LogP contribution is -2.16. The lowest BCUT2D eigenvalue weighted by atomic mass is 10.2. The summed E-state index contributed by atoms with van der Waals surface area (Å²) in [5.74, 6) is 0.802. The molecule has 0 atom stereocenters. The molecular formula is C17H19BrN2O2. The Hall–Kier alpha value is -2.01. The molecule has 0 spiro atoms. The molecule has 0 aromatic heterocycles. The summed E-state index contributed by atoms with van der Waals surface area (Å²) >= 11 is 3.44. The van der Waals surface area contributed by atoms with Crippen LogP contribution in [-0.4, -0.2) is 19.6 Å². The number of hydrogen-bond donors (Lipinski definition) is 2. The summed E-state index contributed by atoms with van der Waals surface area (Å²) in [6.45, 7) is 2.57. The van der Waals surface area contributed by atoms with E-state index in [0.29, 0.717) is 13.0 Å². The van der Waals surface area contributed by atoms with Crippen molar-refractivity contribution in [1.29, 1.82) is 0 Å². The Morgan fingerprint density at radius 3 is 2.45 bits per heavy atom. The smallest absolute Gasteiger partial charge is 0.226 e. The third kappa shape index (κ3) is 4.77. The highest BCUT2D eigenvalue weighted by molar-refractivity contribution is 9.10. The van der Waals surface area contributed by atoms with Crippen molar-refractivity contribution in [3.05, 3.63) is 52.5 Å². The van der Waals surface area contributed by atoms with Crippen molar-refractivity contribution in [2.75, 3.05) is 24.3 Å². The molecule has 2 rings (SSSR count). The number of rotatable bonds is 6. The van der Waals surface area contributed by atoms with Gasteiger partial charge in [0.05, 0.1) is 7.11 Å². The minimum atomic E-state index is -0.0114. The zero-order valence-corrected chi connectivity index (χ0v) is 14.2. The van der Waals surface area contributed by atoms with E-state index in [1.165, 1.54) is 0 Å². The molecule has 2 aromatic carbocycles. The fourth-order valence-corrected chi connectivity index (χ4v) is 2.22. The Labute approximate surface area is 139 Å². The Balaban J connectivity index is 1.78. The van der Waals surface area contributed by atoms with Crippen LogP contribution in [0.3, 0.4) is 0 Å². The molecule has 2 aromatic rings. The summed E-state index contributed by atoms with van der Waals surface area (Å²) in [4.78, 5) is 11.9. The number of carbonyl (C=O) groups is 1. The van der Waals surface area contributed by atoms with Crippen molar-refractivity contribution < 1.29 is 9.53 Å². The molecule has 0 fully saturated rings. The van der Waals surface area contributed by atoms with Gasteiger partial charge >= 0.3 is 0 Å². The first-order valence-corrected chi connectivity index (χ1v) is 7.81. The van der Waals surface area contributed by atoms with Gasteiger partial charge in [-0.2, -0.15) is 0 Å². The summed E-state index contributed by atoms with van der Waals surface area (Å²) < 4.78 is 6.13. The van der Waals surface area contributed by atoms with Gasteiger partial charge in [-0.3, -0.25) is 4.79 Å². The molecule has 0 saturated heterocycles. The van der Waals surface area contributed by atoms with Gasteiger partial charge in [-0.15, -0.1) is 0 Å². The van der Waals surface area contributed by atoms with Crippen LogP contribution in [0.25, 0.3) is 0 Å². The maximum Gasteiger partial charge on any atom is 0.226 e. The molecule has 0 heterocycles. The van der Waals surface area contributed by atoms with E-state index in [-0.39, 0.29) is 5.91 Å². The van der Waals surface area contributed by atoms with E-state index in [1.807, 2.05) is 49.4 Å². The van der Waals surface area contributed by atoms with Gasteiger partial charge in [-0.05, 0) is 55.0 Å². The van der Waals surface area contributed by atoms with Crippen LogP contribution >= 0.6 is 15.9 Å². The van der Waals surface area contributed by atoms with Crippen LogP contribution in [-0.2, 0) is 4.79 Å². The molecule has 0 aliphatic carbocycles. The lowest BCUT2D eigenvalue weighted by molar-refractivity contribution is -0.115. The molecule has 0 bridgehead atoms. The van der Waals surface area contributed by atoms with Crippen LogP contribution in [0.15, 0.2) is 46.9 Å². The van der Waals surface area contributed by atoms with Crippen molar-refractivity contribution in [3.8, 4) is 5.75 Å². The van der Waals surface area contributed by atoms with E-state index in [4.69, 9.17) is 4.74 Å².